The number of aliphatic carboxylic acids is 1. The van der Waals surface area contributed by atoms with E-state index >= 15 is 0 Å². The molecule has 4 rings (SSSR count). The van der Waals surface area contributed by atoms with Crippen molar-refractivity contribution in [3.8, 4) is 0 Å². The van der Waals surface area contributed by atoms with Crippen molar-refractivity contribution in [1.29, 1.82) is 0 Å². The van der Waals surface area contributed by atoms with Gasteiger partial charge >= 0.3 is 12.1 Å². The molecule has 30 heavy (non-hydrogen) atoms. The normalized spacial score (nSPS) is 20.5. The Hall–Kier alpha value is -2.69. The highest BCUT2D eigenvalue weighted by molar-refractivity contribution is 7.10. The maximum atomic E-state index is 12.6. The lowest BCUT2D eigenvalue weighted by atomic mass is 10.1. The first-order valence-electron chi connectivity index (χ1n) is 9.35. The molecule has 2 aliphatic rings. The number of thiophene rings is 1. The zero-order valence-corrected chi connectivity index (χ0v) is 17.0. The van der Waals surface area contributed by atoms with Crippen LogP contribution in [0.25, 0.3) is 0 Å². The minimum atomic E-state index is -5.08. The van der Waals surface area contributed by atoms with Crippen LogP contribution < -0.4 is 4.90 Å². The van der Waals surface area contributed by atoms with Crippen LogP contribution in [0.1, 0.15) is 23.4 Å². The molecule has 0 radical (unpaired) electrons. The lowest BCUT2D eigenvalue weighted by Crippen LogP contribution is -2.40. The van der Waals surface area contributed by atoms with E-state index in [-0.39, 0.29) is 5.91 Å². The zero-order valence-electron chi connectivity index (χ0n) is 16.2. The molecule has 2 aliphatic heterocycles. The minimum absolute atomic E-state index is 0.261. The number of carboxylic acid groups (broad SMARTS) is 1. The molecule has 162 valence electrons. The largest absolute Gasteiger partial charge is 0.490 e. The van der Waals surface area contributed by atoms with Gasteiger partial charge in [0.15, 0.2) is 5.82 Å². The fraction of sp³-hybridized carbons (Fsp3) is 0.474. The molecule has 0 aromatic carbocycles. The molecule has 2 atom stereocenters. The van der Waals surface area contributed by atoms with Gasteiger partial charge in [0.1, 0.15) is 0 Å². The number of hydrogen-bond donors (Lipinski definition) is 1. The highest BCUT2D eigenvalue weighted by Gasteiger charge is 2.44. The third kappa shape index (κ3) is 5.07. The molecule has 4 heterocycles. The number of nitrogens with zero attached hydrogens (tertiary/aromatic N) is 4. The SMILES string of the molecule is Cc1ccc(N2CC[C@@H]3[C@@H]2CCN3C(=O)Cc2cccs2)nn1.O=C(O)C(F)(F)F. The smallest absolute Gasteiger partial charge is 0.475 e. The Bertz CT molecular complexity index is 874. The van der Waals surface area contributed by atoms with Gasteiger partial charge in [-0.05, 0) is 43.3 Å². The van der Waals surface area contributed by atoms with Gasteiger partial charge in [0.2, 0.25) is 5.91 Å². The molecular weight excluding hydrogens is 421 g/mol. The van der Waals surface area contributed by atoms with E-state index in [9.17, 15) is 18.0 Å². The molecule has 2 fully saturated rings. The number of aromatic nitrogens is 2. The van der Waals surface area contributed by atoms with Crippen LogP contribution in [0.3, 0.4) is 0 Å². The van der Waals surface area contributed by atoms with Gasteiger partial charge in [-0.1, -0.05) is 6.07 Å². The number of carbonyl (C=O) groups excluding carboxylic acids is 1. The number of fused-ring (bicyclic) bond motifs is 1. The average molecular weight is 442 g/mol. The molecule has 0 spiro atoms. The molecule has 0 aliphatic carbocycles. The van der Waals surface area contributed by atoms with E-state index in [2.05, 4.69) is 20.0 Å². The quantitative estimate of drug-likeness (QED) is 0.787. The lowest BCUT2D eigenvalue weighted by Gasteiger charge is -2.26. The van der Waals surface area contributed by atoms with Gasteiger partial charge in [-0.25, -0.2) is 4.79 Å². The van der Waals surface area contributed by atoms with E-state index in [1.165, 1.54) is 0 Å². The van der Waals surface area contributed by atoms with Crippen LogP contribution >= 0.6 is 11.3 Å². The molecule has 1 N–H and O–H groups in total. The molecule has 2 saturated heterocycles. The van der Waals surface area contributed by atoms with E-state index in [1.807, 2.05) is 36.6 Å². The fourth-order valence-corrected chi connectivity index (χ4v) is 4.49. The van der Waals surface area contributed by atoms with Crippen molar-refractivity contribution >= 4 is 29.0 Å². The highest BCUT2D eigenvalue weighted by atomic mass is 32.1. The Morgan fingerprint density at radius 2 is 1.87 bits per heavy atom. The number of rotatable bonds is 3. The van der Waals surface area contributed by atoms with E-state index < -0.39 is 12.1 Å². The van der Waals surface area contributed by atoms with E-state index in [0.29, 0.717) is 18.5 Å². The fourth-order valence-electron chi connectivity index (χ4n) is 3.79. The first kappa shape index (κ1) is 22.0. The number of carbonyl (C=O) groups is 2. The first-order chi connectivity index (χ1) is 14.2. The first-order valence-corrected chi connectivity index (χ1v) is 10.2. The second-order valence-electron chi connectivity index (χ2n) is 7.08. The summed E-state index contributed by atoms with van der Waals surface area (Å²) in [6.45, 7) is 3.76. The van der Waals surface area contributed by atoms with Crippen LogP contribution in [-0.2, 0) is 16.0 Å². The number of alkyl halides is 3. The van der Waals surface area contributed by atoms with Crippen molar-refractivity contribution < 1.29 is 27.9 Å². The zero-order chi connectivity index (χ0) is 21.9. The topological polar surface area (TPSA) is 86.6 Å². The number of hydrogen-bond acceptors (Lipinski definition) is 6. The molecule has 2 aromatic heterocycles. The van der Waals surface area contributed by atoms with E-state index in [0.717, 1.165) is 42.3 Å². The summed E-state index contributed by atoms with van der Waals surface area (Å²) in [6.07, 6.45) is -2.50. The van der Waals surface area contributed by atoms with Crippen LogP contribution in [0.5, 0.6) is 0 Å². The number of aryl methyl sites for hydroxylation is 1. The molecule has 0 unspecified atom stereocenters. The minimum Gasteiger partial charge on any atom is -0.475 e. The number of carboxylic acids is 1. The van der Waals surface area contributed by atoms with Gasteiger partial charge in [-0.3, -0.25) is 4.79 Å². The molecule has 2 aromatic rings. The Labute approximate surface area is 175 Å². The van der Waals surface area contributed by atoms with Crippen molar-refractivity contribution in [1.82, 2.24) is 15.1 Å². The lowest BCUT2D eigenvalue weighted by molar-refractivity contribution is -0.192. The molecule has 1 amide bonds. The second kappa shape index (κ2) is 8.99. The summed E-state index contributed by atoms with van der Waals surface area (Å²) in [5.74, 6) is -1.56. The van der Waals surface area contributed by atoms with Crippen molar-refractivity contribution in [3.63, 3.8) is 0 Å². The summed E-state index contributed by atoms with van der Waals surface area (Å²) in [6, 6.07) is 8.81. The van der Waals surface area contributed by atoms with Crippen LogP contribution in [0.15, 0.2) is 29.6 Å². The third-order valence-electron chi connectivity index (χ3n) is 5.12. The molecule has 0 saturated carbocycles. The summed E-state index contributed by atoms with van der Waals surface area (Å²) >= 11 is 1.66. The number of likely N-dealkylation sites (tertiary alicyclic amines) is 1. The van der Waals surface area contributed by atoms with Crippen molar-refractivity contribution in [3.05, 3.63) is 40.2 Å². The van der Waals surface area contributed by atoms with Crippen LogP contribution in [0.4, 0.5) is 19.0 Å². The van der Waals surface area contributed by atoms with Crippen molar-refractivity contribution in [2.75, 3.05) is 18.0 Å². The van der Waals surface area contributed by atoms with E-state index in [4.69, 9.17) is 9.90 Å². The van der Waals surface area contributed by atoms with Gasteiger partial charge < -0.3 is 14.9 Å². The van der Waals surface area contributed by atoms with Gasteiger partial charge in [-0.2, -0.15) is 18.3 Å². The summed E-state index contributed by atoms with van der Waals surface area (Å²) in [5, 5.41) is 17.7. The average Bonchev–Trinajstić information content (AvgIpc) is 3.39. The second-order valence-corrected chi connectivity index (χ2v) is 8.12. The van der Waals surface area contributed by atoms with Gasteiger partial charge in [0.25, 0.3) is 0 Å². The summed E-state index contributed by atoms with van der Waals surface area (Å²) in [5.41, 5.74) is 0.934. The summed E-state index contributed by atoms with van der Waals surface area (Å²) < 4.78 is 31.7. The highest BCUT2D eigenvalue weighted by Crippen LogP contribution is 2.34. The van der Waals surface area contributed by atoms with Crippen molar-refractivity contribution in [2.45, 2.75) is 44.4 Å². The van der Waals surface area contributed by atoms with Crippen LogP contribution in [-0.4, -0.2) is 63.4 Å². The predicted molar refractivity (Wildman–Crippen MR) is 104 cm³/mol. The Morgan fingerprint density at radius 3 is 2.43 bits per heavy atom. The molecule has 7 nitrogen and oxygen atoms in total. The summed E-state index contributed by atoms with van der Waals surface area (Å²) in [7, 11) is 0. The third-order valence-corrected chi connectivity index (χ3v) is 6.00. The number of anilines is 1. The van der Waals surface area contributed by atoms with Gasteiger partial charge in [-0.15, -0.1) is 16.4 Å². The van der Waals surface area contributed by atoms with Crippen molar-refractivity contribution in [2.24, 2.45) is 0 Å². The van der Waals surface area contributed by atoms with Gasteiger partial charge in [0, 0.05) is 18.0 Å². The van der Waals surface area contributed by atoms with Crippen LogP contribution in [0.2, 0.25) is 0 Å². The Kier molecular flexibility index (Phi) is 6.59. The Balaban J connectivity index is 0.000000318. The summed E-state index contributed by atoms with van der Waals surface area (Å²) in [4.78, 5) is 27.1. The molecule has 0 bridgehead atoms. The number of halogens is 3. The van der Waals surface area contributed by atoms with Gasteiger partial charge in [0.05, 0.1) is 24.2 Å². The maximum absolute atomic E-state index is 12.6. The molecular formula is C19H21F3N4O3S. The molecule has 11 heteroatoms. The van der Waals surface area contributed by atoms with E-state index in [1.54, 1.807) is 11.3 Å². The Morgan fingerprint density at radius 1 is 1.17 bits per heavy atom. The number of amides is 1. The maximum Gasteiger partial charge on any atom is 0.490 e. The standard InChI is InChI=1S/C17H20N4OS.C2HF3O2/c1-12-4-5-16(19-18-12)20-8-6-15-14(20)7-9-21(15)17(22)11-13-3-2-10-23-13;3-2(4,5)1(6)7/h2-5,10,14-15H,6-9,11H2,1H3;(H,6,7)/t14-,15+;/m0./s1. The van der Waals surface area contributed by atoms with Crippen LogP contribution in [0, 0.1) is 6.92 Å². The predicted octanol–water partition coefficient (Wildman–Crippen LogP) is 2.90. The monoisotopic (exact) mass is 442 g/mol.